The first kappa shape index (κ1) is 27.9. The minimum absolute atomic E-state index is 0. The molecule has 0 saturated carbocycles. The topological polar surface area (TPSA) is 57.6 Å². The predicted octanol–water partition coefficient (Wildman–Crippen LogP) is 5.94. The molecule has 0 bridgehead atoms. The zero-order valence-electron chi connectivity index (χ0n) is 18.7. The van der Waals surface area contributed by atoms with Crippen LogP contribution in [0.1, 0.15) is 122 Å². The average molecular weight is 405 g/mol. The molecule has 1 atom stereocenters. The van der Waals surface area contributed by atoms with Gasteiger partial charge in [0.15, 0.2) is 0 Å². The third-order valence-electron chi connectivity index (χ3n) is 5.85. The van der Waals surface area contributed by atoms with Crippen LogP contribution in [-0.2, 0) is 9.59 Å². The van der Waals surface area contributed by atoms with Crippen LogP contribution in [0.2, 0.25) is 0 Å². The van der Waals surface area contributed by atoms with Crippen molar-refractivity contribution in [3.63, 3.8) is 0 Å². The average Bonchev–Trinajstić information content (AvgIpc) is 3.15. The fourth-order valence-electron chi connectivity index (χ4n) is 4.11. The van der Waals surface area contributed by atoms with E-state index in [1.165, 1.54) is 83.5 Å². The van der Waals surface area contributed by atoms with Crippen LogP contribution in [0.25, 0.3) is 0 Å². The fraction of sp³-hybridized carbons (Fsp3) is 0.913. The number of unbranched alkanes of at least 4 members (excludes halogenated alkanes) is 14. The summed E-state index contributed by atoms with van der Waals surface area (Å²) in [5.41, 5.74) is 0. The van der Waals surface area contributed by atoms with Crippen LogP contribution in [0.3, 0.4) is 0 Å². The summed E-state index contributed by atoms with van der Waals surface area (Å²) in [5, 5.41) is 9.14. The molecule has 1 rings (SSSR count). The maximum atomic E-state index is 12.2. The van der Waals surface area contributed by atoms with Gasteiger partial charge in [-0.25, -0.2) is 4.79 Å². The van der Waals surface area contributed by atoms with Gasteiger partial charge >= 0.3 is 5.97 Å². The molecule has 0 aromatic heterocycles. The number of amides is 1. The van der Waals surface area contributed by atoms with Gasteiger partial charge in [0.25, 0.3) is 0 Å². The van der Waals surface area contributed by atoms with E-state index in [0.717, 1.165) is 19.3 Å². The van der Waals surface area contributed by atoms with Crippen molar-refractivity contribution in [2.24, 2.45) is 0 Å². The van der Waals surface area contributed by atoms with Crippen molar-refractivity contribution in [3.8, 4) is 0 Å². The summed E-state index contributed by atoms with van der Waals surface area (Å²) >= 11 is 0. The van der Waals surface area contributed by atoms with Gasteiger partial charge < -0.3 is 10.0 Å². The Hall–Kier alpha value is -0.0600. The van der Waals surface area contributed by atoms with Crippen molar-refractivity contribution >= 4 is 41.4 Å². The van der Waals surface area contributed by atoms with E-state index in [4.69, 9.17) is 5.11 Å². The molecule has 1 saturated heterocycles. The summed E-state index contributed by atoms with van der Waals surface area (Å²) in [4.78, 5) is 24.9. The number of aliphatic carboxylic acids is 1. The monoisotopic (exact) mass is 404 g/mol. The van der Waals surface area contributed by atoms with Gasteiger partial charge in [-0.05, 0) is 19.3 Å². The molecule has 0 spiro atoms. The number of carboxylic acids is 1. The van der Waals surface area contributed by atoms with E-state index < -0.39 is 12.0 Å². The molecule has 1 fully saturated rings. The van der Waals surface area contributed by atoms with E-state index in [1.807, 2.05) is 0 Å². The van der Waals surface area contributed by atoms with Crippen LogP contribution in [0.4, 0.5) is 0 Å². The van der Waals surface area contributed by atoms with Crippen molar-refractivity contribution < 1.29 is 14.7 Å². The van der Waals surface area contributed by atoms with Crippen LogP contribution >= 0.6 is 0 Å². The Bertz CT molecular complexity index is 403. The van der Waals surface area contributed by atoms with Crippen molar-refractivity contribution in [1.29, 1.82) is 0 Å². The predicted molar refractivity (Wildman–Crippen MR) is 118 cm³/mol. The van der Waals surface area contributed by atoms with Crippen LogP contribution in [-0.4, -0.2) is 64.0 Å². The number of carboxylic acid groups (broad SMARTS) is 1. The quantitative estimate of drug-likeness (QED) is 0.241. The van der Waals surface area contributed by atoms with E-state index in [2.05, 4.69) is 6.92 Å². The van der Waals surface area contributed by atoms with Crippen molar-refractivity contribution in [2.45, 2.75) is 129 Å². The molecular weight excluding hydrogens is 361 g/mol. The second-order valence-electron chi connectivity index (χ2n) is 8.28. The molecule has 0 unspecified atom stereocenters. The molecule has 0 aromatic carbocycles. The zero-order valence-corrected chi connectivity index (χ0v) is 20.7. The molecule has 1 N–H and O–H groups in total. The molecule has 0 aromatic rings. The standard InChI is InChI=1S/C23H43NO3.Na/c1-2-3-4-5-6-7-8-9-10-11-12-13-14-15-16-19-22(25)24-20-17-18-21(24)23(26)27;/h21H,2-20H2,1H3,(H,26,27);/t21-;/m0./s1. The molecule has 4 nitrogen and oxygen atoms in total. The molecule has 1 amide bonds. The Balaban J connectivity index is 0.00000729. The largest absolute Gasteiger partial charge is 0.480 e. The van der Waals surface area contributed by atoms with Gasteiger partial charge in [0.05, 0.1) is 0 Å². The number of hydrogen-bond acceptors (Lipinski definition) is 2. The number of carbonyl (C=O) groups is 2. The third-order valence-corrected chi connectivity index (χ3v) is 5.85. The summed E-state index contributed by atoms with van der Waals surface area (Å²) in [6, 6.07) is -0.575. The van der Waals surface area contributed by atoms with Gasteiger partial charge in [-0.15, -0.1) is 0 Å². The Labute approximate surface area is 195 Å². The smallest absolute Gasteiger partial charge is 0.326 e. The van der Waals surface area contributed by atoms with Gasteiger partial charge in [0, 0.05) is 42.5 Å². The van der Waals surface area contributed by atoms with Gasteiger partial charge in [-0.2, -0.15) is 0 Å². The van der Waals surface area contributed by atoms with Gasteiger partial charge in [0.2, 0.25) is 5.91 Å². The Morgan fingerprint density at radius 3 is 1.64 bits per heavy atom. The molecule has 1 aliphatic rings. The normalized spacial score (nSPS) is 16.2. The van der Waals surface area contributed by atoms with E-state index in [9.17, 15) is 9.59 Å². The third kappa shape index (κ3) is 13.2. The number of hydrogen-bond donors (Lipinski definition) is 1. The minimum atomic E-state index is -0.850. The summed E-state index contributed by atoms with van der Waals surface area (Å²) in [7, 11) is 0. The molecule has 1 aliphatic heterocycles. The Morgan fingerprint density at radius 1 is 0.786 bits per heavy atom. The van der Waals surface area contributed by atoms with E-state index in [-0.39, 0.29) is 35.5 Å². The SMILES string of the molecule is CCCCCCCCCCCCCCCCCC(=O)N1CCC[C@H]1C(=O)O.[Na]. The first-order chi connectivity index (χ1) is 13.2. The molecule has 5 heteroatoms. The maximum absolute atomic E-state index is 12.2. The fourth-order valence-corrected chi connectivity index (χ4v) is 4.11. The van der Waals surface area contributed by atoms with Gasteiger partial charge in [-0.1, -0.05) is 96.8 Å². The van der Waals surface area contributed by atoms with Crippen LogP contribution in [0, 0.1) is 0 Å². The summed E-state index contributed by atoms with van der Waals surface area (Å²) in [6.45, 7) is 2.89. The number of likely N-dealkylation sites (tertiary alicyclic amines) is 1. The molecule has 28 heavy (non-hydrogen) atoms. The van der Waals surface area contributed by atoms with Crippen LogP contribution in [0.15, 0.2) is 0 Å². The molecule has 159 valence electrons. The van der Waals surface area contributed by atoms with Crippen LogP contribution < -0.4 is 0 Å². The summed E-state index contributed by atoms with van der Waals surface area (Å²) in [5.74, 6) is -0.813. The number of nitrogens with zero attached hydrogens (tertiary/aromatic N) is 1. The Kier molecular flexibility index (Phi) is 18.9. The molecular formula is C23H43NNaO3. The number of rotatable bonds is 17. The minimum Gasteiger partial charge on any atom is -0.480 e. The van der Waals surface area contributed by atoms with Gasteiger partial charge in [0.1, 0.15) is 6.04 Å². The van der Waals surface area contributed by atoms with Crippen molar-refractivity contribution in [2.75, 3.05) is 6.54 Å². The van der Waals surface area contributed by atoms with Gasteiger partial charge in [-0.3, -0.25) is 4.79 Å². The zero-order chi connectivity index (χ0) is 19.7. The first-order valence-corrected chi connectivity index (χ1v) is 11.7. The van der Waals surface area contributed by atoms with E-state index >= 15 is 0 Å². The Morgan fingerprint density at radius 2 is 1.21 bits per heavy atom. The van der Waals surface area contributed by atoms with E-state index in [0.29, 0.717) is 19.4 Å². The maximum Gasteiger partial charge on any atom is 0.326 e. The summed E-state index contributed by atoms with van der Waals surface area (Å²) in [6.07, 6.45) is 21.7. The van der Waals surface area contributed by atoms with Crippen molar-refractivity contribution in [1.82, 2.24) is 4.90 Å². The van der Waals surface area contributed by atoms with Crippen molar-refractivity contribution in [3.05, 3.63) is 0 Å². The molecule has 0 aliphatic carbocycles. The number of carbonyl (C=O) groups excluding carboxylic acids is 1. The first-order valence-electron chi connectivity index (χ1n) is 11.7. The second-order valence-corrected chi connectivity index (χ2v) is 8.28. The summed E-state index contributed by atoms with van der Waals surface area (Å²) < 4.78 is 0. The van der Waals surface area contributed by atoms with E-state index in [1.54, 1.807) is 4.90 Å². The van der Waals surface area contributed by atoms with Crippen LogP contribution in [0.5, 0.6) is 0 Å². The molecule has 1 radical (unpaired) electrons. The second kappa shape index (κ2) is 18.9. The molecule has 1 heterocycles.